The Bertz CT molecular complexity index is 545. The Hall–Kier alpha value is -1.03. The lowest BCUT2D eigenvalue weighted by Crippen LogP contribution is -2.02. The summed E-state index contributed by atoms with van der Waals surface area (Å²) in [7, 11) is 0. The van der Waals surface area contributed by atoms with Crippen LogP contribution >= 0.6 is 27.5 Å². The Morgan fingerprint density at radius 1 is 1.11 bits per heavy atom. The van der Waals surface area contributed by atoms with Crippen molar-refractivity contribution >= 4 is 27.5 Å². The number of para-hydroxylation sites is 1. The van der Waals surface area contributed by atoms with E-state index in [1.165, 1.54) is 0 Å². The predicted molar refractivity (Wildman–Crippen MR) is 77.8 cm³/mol. The molecule has 0 aliphatic carbocycles. The molecule has 2 rings (SSSR count). The van der Waals surface area contributed by atoms with Gasteiger partial charge >= 0.3 is 0 Å². The minimum absolute atomic E-state index is 0.434. The molecule has 2 aromatic rings. The molecule has 0 atom stereocenters. The summed E-state index contributed by atoms with van der Waals surface area (Å²) in [4.78, 5) is 0. The van der Waals surface area contributed by atoms with Crippen molar-refractivity contribution < 1.29 is 4.74 Å². The highest BCUT2D eigenvalue weighted by Crippen LogP contribution is 2.24. The molecule has 0 aliphatic heterocycles. The van der Waals surface area contributed by atoms with Crippen LogP contribution in [-0.4, -0.2) is 0 Å². The van der Waals surface area contributed by atoms with Crippen LogP contribution in [0.25, 0.3) is 0 Å². The summed E-state index contributed by atoms with van der Waals surface area (Å²) in [6.07, 6.45) is 0. The van der Waals surface area contributed by atoms with Gasteiger partial charge < -0.3 is 10.5 Å². The number of rotatable bonds is 4. The van der Waals surface area contributed by atoms with E-state index in [-0.39, 0.29) is 0 Å². The molecule has 0 heterocycles. The first kappa shape index (κ1) is 13.4. The van der Waals surface area contributed by atoms with Crippen LogP contribution in [-0.2, 0) is 13.2 Å². The number of hydrogen-bond acceptors (Lipinski definition) is 2. The minimum atomic E-state index is 0.434. The van der Waals surface area contributed by atoms with E-state index < -0.39 is 0 Å². The zero-order valence-electron chi connectivity index (χ0n) is 9.70. The van der Waals surface area contributed by atoms with E-state index in [2.05, 4.69) is 15.9 Å². The van der Waals surface area contributed by atoms with E-state index in [4.69, 9.17) is 22.1 Å². The van der Waals surface area contributed by atoms with Gasteiger partial charge in [-0.3, -0.25) is 0 Å². The Morgan fingerprint density at radius 3 is 2.61 bits per heavy atom. The lowest BCUT2D eigenvalue weighted by Gasteiger charge is -2.11. The predicted octanol–water partition coefficient (Wildman–Crippen LogP) is 4.14. The third kappa shape index (κ3) is 3.25. The normalized spacial score (nSPS) is 10.4. The number of hydrogen-bond donors (Lipinski definition) is 1. The van der Waals surface area contributed by atoms with Crippen LogP contribution in [0.3, 0.4) is 0 Å². The molecule has 0 bridgehead atoms. The molecule has 0 radical (unpaired) electrons. The number of ether oxygens (including phenoxy) is 1. The van der Waals surface area contributed by atoms with Gasteiger partial charge in [-0.25, -0.2) is 0 Å². The van der Waals surface area contributed by atoms with Crippen LogP contribution in [0.15, 0.2) is 46.9 Å². The average molecular weight is 327 g/mol. The summed E-state index contributed by atoms with van der Waals surface area (Å²) < 4.78 is 6.71. The molecule has 0 aliphatic rings. The molecule has 0 aromatic heterocycles. The van der Waals surface area contributed by atoms with E-state index in [0.29, 0.717) is 18.2 Å². The quantitative estimate of drug-likeness (QED) is 0.916. The van der Waals surface area contributed by atoms with Crippen molar-refractivity contribution in [3.05, 3.63) is 63.1 Å². The minimum Gasteiger partial charge on any atom is -0.489 e. The van der Waals surface area contributed by atoms with Gasteiger partial charge in [0, 0.05) is 27.2 Å². The fourth-order valence-corrected chi connectivity index (χ4v) is 2.34. The van der Waals surface area contributed by atoms with Crippen LogP contribution in [0.2, 0.25) is 5.02 Å². The van der Waals surface area contributed by atoms with Crippen LogP contribution in [0.1, 0.15) is 11.1 Å². The SMILES string of the molecule is NCc1ccccc1OCc1ccc(Br)cc1Cl. The van der Waals surface area contributed by atoms with Crippen molar-refractivity contribution in [3.63, 3.8) is 0 Å². The monoisotopic (exact) mass is 325 g/mol. The zero-order valence-corrected chi connectivity index (χ0v) is 12.0. The maximum atomic E-state index is 6.13. The van der Waals surface area contributed by atoms with Crippen molar-refractivity contribution in [3.8, 4) is 5.75 Å². The highest BCUT2D eigenvalue weighted by atomic mass is 79.9. The second kappa shape index (κ2) is 6.23. The van der Waals surface area contributed by atoms with Gasteiger partial charge in [0.25, 0.3) is 0 Å². The van der Waals surface area contributed by atoms with Crippen molar-refractivity contribution in [2.75, 3.05) is 0 Å². The van der Waals surface area contributed by atoms with Crippen LogP contribution in [0.5, 0.6) is 5.75 Å². The highest BCUT2D eigenvalue weighted by molar-refractivity contribution is 9.10. The molecule has 18 heavy (non-hydrogen) atoms. The van der Waals surface area contributed by atoms with Gasteiger partial charge in [0.2, 0.25) is 0 Å². The summed E-state index contributed by atoms with van der Waals surface area (Å²) in [6.45, 7) is 0.896. The summed E-state index contributed by atoms with van der Waals surface area (Å²) in [5.41, 5.74) is 7.60. The fourth-order valence-electron chi connectivity index (χ4n) is 1.61. The molecule has 0 spiro atoms. The fraction of sp³-hybridized carbons (Fsp3) is 0.143. The Balaban J connectivity index is 2.11. The van der Waals surface area contributed by atoms with Crippen molar-refractivity contribution in [1.82, 2.24) is 0 Å². The molecule has 2 nitrogen and oxygen atoms in total. The van der Waals surface area contributed by atoms with Crippen LogP contribution in [0, 0.1) is 0 Å². The third-order valence-corrected chi connectivity index (χ3v) is 3.44. The molecule has 2 N–H and O–H groups in total. The van der Waals surface area contributed by atoms with Crippen molar-refractivity contribution in [1.29, 1.82) is 0 Å². The average Bonchev–Trinajstić information content (AvgIpc) is 2.38. The molecule has 0 unspecified atom stereocenters. The van der Waals surface area contributed by atoms with Gasteiger partial charge in [0.15, 0.2) is 0 Å². The maximum absolute atomic E-state index is 6.13. The van der Waals surface area contributed by atoms with E-state index in [0.717, 1.165) is 21.3 Å². The highest BCUT2D eigenvalue weighted by Gasteiger charge is 2.04. The lowest BCUT2D eigenvalue weighted by atomic mass is 10.2. The standard InChI is InChI=1S/C14H13BrClNO/c15-12-6-5-11(13(16)7-12)9-18-14-4-2-1-3-10(14)8-17/h1-7H,8-9,17H2. The molecule has 0 saturated heterocycles. The molecule has 2 aromatic carbocycles. The first-order valence-electron chi connectivity index (χ1n) is 5.55. The van der Waals surface area contributed by atoms with E-state index in [1.807, 2.05) is 42.5 Å². The summed E-state index contributed by atoms with van der Waals surface area (Å²) >= 11 is 9.51. The van der Waals surface area contributed by atoms with Crippen LogP contribution in [0.4, 0.5) is 0 Å². The zero-order chi connectivity index (χ0) is 13.0. The van der Waals surface area contributed by atoms with E-state index in [9.17, 15) is 0 Å². The summed E-state index contributed by atoms with van der Waals surface area (Å²) in [5.74, 6) is 0.805. The molecule has 0 fully saturated rings. The van der Waals surface area contributed by atoms with Gasteiger partial charge in [0.1, 0.15) is 12.4 Å². The Morgan fingerprint density at radius 2 is 1.89 bits per heavy atom. The van der Waals surface area contributed by atoms with Gasteiger partial charge in [0.05, 0.1) is 0 Å². The number of halogens is 2. The molecule has 4 heteroatoms. The van der Waals surface area contributed by atoms with Crippen LogP contribution < -0.4 is 10.5 Å². The van der Waals surface area contributed by atoms with Crippen molar-refractivity contribution in [2.24, 2.45) is 5.73 Å². The van der Waals surface area contributed by atoms with E-state index in [1.54, 1.807) is 0 Å². The Labute approximate surface area is 120 Å². The topological polar surface area (TPSA) is 35.2 Å². The Kier molecular flexibility index (Phi) is 4.64. The van der Waals surface area contributed by atoms with Gasteiger partial charge in [-0.1, -0.05) is 51.8 Å². The maximum Gasteiger partial charge on any atom is 0.124 e. The van der Waals surface area contributed by atoms with E-state index >= 15 is 0 Å². The van der Waals surface area contributed by atoms with Gasteiger partial charge in [-0.05, 0) is 18.2 Å². The molecular formula is C14H13BrClNO. The molecule has 0 amide bonds. The third-order valence-electron chi connectivity index (χ3n) is 2.59. The van der Waals surface area contributed by atoms with Gasteiger partial charge in [-0.2, -0.15) is 0 Å². The first-order chi connectivity index (χ1) is 8.70. The number of nitrogens with two attached hydrogens (primary N) is 1. The smallest absolute Gasteiger partial charge is 0.124 e. The second-order valence-electron chi connectivity index (χ2n) is 3.84. The molecular weight excluding hydrogens is 314 g/mol. The summed E-state index contributed by atoms with van der Waals surface area (Å²) in [6, 6.07) is 13.5. The summed E-state index contributed by atoms with van der Waals surface area (Å²) in [5, 5.41) is 0.689. The lowest BCUT2D eigenvalue weighted by molar-refractivity contribution is 0.303. The number of benzene rings is 2. The van der Waals surface area contributed by atoms with Gasteiger partial charge in [-0.15, -0.1) is 0 Å². The second-order valence-corrected chi connectivity index (χ2v) is 5.16. The largest absolute Gasteiger partial charge is 0.489 e. The molecule has 0 saturated carbocycles. The molecule has 94 valence electrons. The van der Waals surface area contributed by atoms with Crippen molar-refractivity contribution in [2.45, 2.75) is 13.2 Å². The first-order valence-corrected chi connectivity index (χ1v) is 6.72.